The van der Waals surface area contributed by atoms with Crippen LogP contribution in [0.5, 0.6) is 5.75 Å². The highest BCUT2D eigenvalue weighted by Gasteiger charge is 2.06. The van der Waals surface area contributed by atoms with Crippen LogP contribution in [-0.4, -0.2) is 24.6 Å². The Balaban J connectivity index is 1.84. The molecular formula is C19H28N4O2. The van der Waals surface area contributed by atoms with Crippen LogP contribution < -0.4 is 15.4 Å². The van der Waals surface area contributed by atoms with Crippen molar-refractivity contribution in [2.24, 2.45) is 10.9 Å². The van der Waals surface area contributed by atoms with Gasteiger partial charge in [0.15, 0.2) is 5.96 Å². The van der Waals surface area contributed by atoms with Crippen molar-refractivity contribution < 1.29 is 9.15 Å². The first kappa shape index (κ1) is 18.8. The Morgan fingerprint density at radius 3 is 2.64 bits per heavy atom. The lowest BCUT2D eigenvalue weighted by molar-refractivity contribution is 0.271. The number of aryl methyl sites for hydroxylation is 2. The largest absolute Gasteiger partial charge is 0.493 e. The molecule has 2 rings (SSSR count). The molecule has 2 aromatic rings. The zero-order valence-corrected chi connectivity index (χ0v) is 15.7. The van der Waals surface area contributed by atoms with E-state index in [1.807, 2.05) is 32.0 Å². The Labute approximate surface area is 149 Å². The van der Waals surface area contributed by atoms with Crippen molar-refractivity contribution in [3.63, 3.8) is 0 Å². The van der Waals surface area contributed by atoms with Crippen LogP contribution in [0.15, 0.2) is 33.7 Å². The normalized spacial score (nSPS) is 11.7. The van der Waals surface area contributed by atoms with Crippen molar-refractivity contribution in [1.29, 1.82) is 0 Å². The lowest BCUT2D eigenvalue weighted by Gasteiger charge is -2.12. The van der Waals surface area contributed by atoms with Gasteiger partial charge >= 0.3 is 0 Å². The van der Waals surface area contributed by atoms with Crippen LogP contribution in [0.3, 0.4) is 0 Å². The van der Waals surface area contributed by atoms with E-state index in [-0.39, 0.29) is 0 Å². The molecule has 6 nitrogen and oxygen atoms in total. The Hall–Kier alpha value is -2.50. The average molecular weight is 344 g/mol. The van der Waals surface area contributed by atoms with E-state index < -0.39 is 0 Å². The maximum absolute atomic E-state index is 5.77. The van der Waals surface area contributed by atoms with E-state index in [2.05, 4.69) is 40.5 Å². The molecule has 2 N–H and O–H groups in total. The average Bonchev–Trinajstić information content (AvgIpc) is 2.91. The predicted molar refractivity (Wildman–Crippen MR) is 99.8 cm³/mol. The minimum atomic E-state index is 0.492. The summed E-state index contributed by atoms with van der Waals surface area (Å²) in [6.45, 7) is 9.98. The Bertz CT molecular complexity index is 688. The van der Waals surface area contributed by atoms with Crippen molar-refractivity contribution in [2.75, 3.05) is 13.7 Å². The molecule has 6 heteroatoms. The van der Waals surface area contributed by atoms with Gasteiger partial charge in [0.05, 0.1) is 18.8 Å². The second kappa shape index (κ2) is 9.11. The van der Waals surface area contributed by atoms with Gasteiger partial charge in [0.2, 0.25) is 5.89 Å². The van der Waals surface area contributed by atoms with Crippen LogP contribution in [-0.2, 0) is 13.1 Å². The van der Waals surface area contributed by atoms with E-state index >= 15 is 0 Å². The summed E-state index contributed by atoms with van der Waals surface area (Å²) in [5, 5.41) is 6.49. The van der Waals surface area contributed by atoms with Crippen molar-refractivity contribution in [1.82, 2.24) is 15.6 Å². The number of nitrogens with zero attached hydrogens (tertiary/aromatic N) is 2. The van der Waals surface area contributed by atoms with Gasteiger partial charge in [0.1, 0.15) is 11.5 Å². The first-order chi connectivity index (χ1) is 12.0. The smallest absolute Gasteiger partial charge is 0.214 e. The van der Waals surface area contributed by atoms with Gasteiger partial charge in [0, 0.05) is 13.6 Å². The molecule has 0 aliphatic rings. The molecule has 0 aliphatic heterocycles. The fourth-order valence-electron chi connectivity index (χ4n) is 2.19. The number of aromatic nitrogens is 1. The number of hydrogen-bond acceptors (Lipinski definition) is 4. The van der Waals surface area contributed by atoms with Crippen LogP contribution >= 0.6 is 0 Å². The minimum absolute atomic E-state index is 0.492. The van der Waals surface area contributed by atoms with Crippen LogP contribution in [0.4, 0.5) is 0 Å². The maximum Gasteiger partial charge on any atom is 0.214 e. The van der Waals surface area contributed by atoms with E-state index in [1.54, 1.807) is 7.05 Å². The lowest BCUT2D eigenvalue weighted by atomic mass is 10.2. The number of aliphatic imine (C=N–C) groups is 1. The number of benzene rings is 1. The van der Waals surface area contributed by atoms with Crippen molar-refractivity contribution >= 4 is 5.96 Å². The fraction of sp³-hybridized carbons (Fsp3) is 0.474. The fourth-order valence-corrected chi connectivity index (χ4v) is 2.19. The van der Waals surface area contributed by atoms with E-state index in [0.717, 1.165) is 29.4 Å². The number of ether oxygens (including phenoxy) is 1. The van der Waals surface area contributed by atoms with E-state index in [1.165, 1.54) is 0 Å². The molecule has 0 spiro atoms. The highest BCUT2D eigenvalue weighted by molar-refractivity contribution is 5.79. The topological polar surface area (TPSA) is 71.7 Å². The molecule has 0 saturated heterocycles. The van der Waals surface area contributed by atoms with Gasteiger partial charge in [-0.05, 0) is 37.5 Å². The number of oxazole rings is 1. The number of hydrogen-bond donors (Lipinski definition) is 2. The lowest BCUT2D eigenvalue weighted by Crippen LogP contribution is -2.36. The van der Waals surface area contributed by atoms with Crippen LogP contribution in [0.2, 0.25) is 0 Å². The summed E-state index contributed by atoms with van der Waals surface area (Å²) in [6.07, 6.45) is 0. The highest BCUT2D eigenvalue weighted by atomic mass is 16.5. The first-order valence-electron chi connectivity index (χ1n) is 8.57. The molecule has 0 fully saturated rings. The molecule has 0 amide bonds. The second-order valence-corrected chi connectivity index (χ2v) is 6.38. The monoisotopic (exact) mass is 344 g/mol. The van der Waals surface area contributed by atoms with Gasteiger partial charge in [-0.1, -0.05) is 26.0 Å². The zero-order chi connectivity index (χ0) is 18.2. The number of rotatable bonds is 7. The van der Waals surface area contributed by atoms with Crippen molar-refractivity contribution in [3.8, 4) is 5.75 Å². The van der Waals surface area contributed by atoms with Gasteiger partial charge in [-0.25, -0.2) is 4.98 Å². The van der Waals surface area contributed by atoms with Crippen LogP contribution in [0.25, 0.3) is 0 Å². The molecule has 1 heterocycles. The molecule has 0 aliphatic carbocycles. The Morgan fingerprint density at radius 2 is 2.00 bits per heavy atom. The highest BCUT2D eigenvalue weighted by Crippen LogP contribution is 2.14. The second-order valence-electron chi connectivity index (χ2n) is 6.38. The van der Waals surface area contributed by atoms with Gasteiger partial charge < -0.3 is 19.8 Å². The standard InChI is InChI=1S/C19H28N4O2/c1-13(2)12-24-17-8-6-7-16(9-17)10-21-19(20-5)22-11-18-23-14(3)15(4)25-18/h6-9,13H,10-12H2,1-5H3,(H2,20,21,22). The summed E-state index contributed by atoms with van der Waals surface area (Å²) in [6, 6.07) is 8.08. The van der Waals surface area contributed by atoms with Crippen molar-refractivity contribution in [3.05, 3.63) is 47.2 Å². The summed E-state index contributed by atoms with van der Waals surface area (Å²) in [5.74, 6) is 3.59. The molecule has 1 aromatic heterocycles. The molecular weight excluding hydrogens is 316 g/mol. The Morgan fingerprint density at radius 1 is 1.24 bits per heavy atom. The summed E-state index contributed by atoms with van der Waals surface area (Å²) < 4.78 is 11.3. The molecule has 136 valence electrons. The summed E-state index contributed by atoms with van der Waals surface area (Å²) >= 11 is 0. The molecule has 0 atom stereocenters. The van der Waals surface area contributed by atoms with E-state index in [0.29, 0.717) is 30.9 Å². The van der Waals surface area contributed by atoms with E-state index in [9.17, 15) is 0 Å². The maximum atomic E-state index is 5.77. The minimum Gasteiger partial charge on any atom is -0.493 e. The van der Waals surface area contributed by atoms with Gasteiger partial charge in [0.25, 0.3) is 0 Å². The van der Waals surface area contributed by atoms with Crippen molar-refractivity contribution in [2.45, 2.75) is 40.8 Å². The third-order valence-electron chi connectivity index (χ3n) is 3.65. The molecule has 0 saturated carbocycles. The first-order valence-corrected chi connectivity index (χ1v) is 8.57. The van der Waals surface area contributed by atoms with Crippen LogP contribution in [0.1, 0.15) is 36.8 Å². The number of guanidine groups is 1. The van der Waals surface area contributed by atoms with Gasteiger partial charge in [-0.15, -0.1) is 0 Å². The molecule has 0 unspecified atom stereocenters. The quantitative estimate of drug-likeness (QED) is 0.596. The third kappa shape index (κ3) is 6.14. The molecule has 1 aromatic carbocycles. The summed E-state index contributed by atoms with van der Waals surface area (Å²) in [7, 11) is 1.74. The van der Waals surface area contributed by atoms with Gasteiger partial charge in [-0.2, -0.15) is 0 Å². The zero-order valence-electron chi connectivity index (χ0n) is 15.7. The van der Waals surface area contributed by atoms with Gasteiger partial charge in [-0.3, -0.25) is 4.99 Å². The third-order valence-corrected chi connectivity index (χ3v) is 3.65. The van der Waals surface area contributed by atoms with Crippen LogP contribution in [0, 0.1) is 19.8 Å². The summed E-state index contributed by atoms with van der Waals surface area (Å²) in [5.41, 5.74) is 2.05. The Kier molecular flexibility index (Phi) is 6.86. The summed E-state index contributed by atoms with van der Waals surface area (Å²) in [4.78, 5) is 8.58. The number of nitrogens with one attached hydrogen (secondary N) is 2. The van der Waals surface area contributed by atoms with E-state index in [4.69, 9.17) is 9.15 Å². The molecule has 25 heavy (non-hydrogen) atoms. The predicted octanol–water partition coefficient (Wildman–Crippen LogP) is 3.19. The molecule has 0 radical (unpaired) electrons. The SMILES string of the molecule is CN=C(NCc1cccc(OCC(C)C)c1)NCc1nc(C)c(C)o1. The molecule has 0 bridgehead atoms.